The highest BCUT2D eigenvalue weighted by atomic mass is 35.5. The predicted molar refractivity (Wildman–Crippen MR) is 84.9 cm³/mol. The van der Waals surface area contributed by atoms with E-state index < -0.39 is 5.82 Å². The highest BCUT2D eigenvalue weighted by molar-refractivity contribution is 6.30. The van der Waals surface area contributed by atoms with Gasteiger partial charge in [-0.1, -0.05) is 48.0 Å². The Morgan fingerprint density at radius 2 is 1.71 bits per heavy atom. The zero-order chi connectivity index (χ0) is 15.1. The van der Waals surface area contributed by atoms with Crippen molar-refractivity contribution in [2.24, 2.45) is 4.99 Å². The van der Waals surface area contributed by atoms with Gasteiger partial charge in [-0.05, 0) is 23.3 Å². The van der Waals surface area contributed by atoms with Gasteiger partial charge in [0.25, 0.3) is 0 Å². The topological polar surface area (TPSA) is 36.4 Å². The number of aliphatic imine (C=N–C) groups is 1. The van der Waals surface area contributed by atoms with Crippen molar-refractivity contribution in [3.8, 4) is 0 Å². The van der Waals surface area contributed by atoms with Crippen molar-refractivity contribution >= 4 is 17.6 Å². The molecule has 0 aromatic heterocycles. The van der Waals surface area contributed by atoms with E-state index in [1.54, 1.807) is 19.2 Å². The van der Waals surface area contributed by atoms with Crippen molar-refractivity contribution in [2.75, 3.05) is 7.05 Å². The summed E-state index contributed by atoms with van der Waals surface area (Å²) in [5, 5.41) is 6.50. The lowest BCUT2D eigenvalue weighted by Crippen LogP contribution is -2.36. The summed E-state index contributed by atoms with van der Waals surface area (Å²) in [5.74, 6) is 0.270. The fourth-order valence-electron chi connectivity index (χ4n) is 1.84. The second kappa shape index (κ2) is 7.64. The first kappa shape index (κ1) is 15.3. The molecular weight excluding hydrogens is 289 g/mol. The molecule has 110 valence electrons. The van der Waals surface area contributed by atoms with Crippen molar-refractivity contribution in [3.63, 3.8) is 0 Å². The first-order valence-corrected chi connectivity index (χ1v) is 6.99. The number of benzene rings is 2. The molecule has 2 rings (SSSR count). The third kappa shape index (κ3) is 4.76. The van der Waals surface area contributed by atoms with Gasteiger partial charge in [-0.25, -0.2) is 4.39 Å². The first-order valence-electron chi connectivity index (χ1n) is 6.61. The van der Waals surface area contributed by atoms with Crippen LogP contribution in [-0.2, 0) is 13.1 Å². The highest BCUT2D eigenvalue weighted by Gasteiger charge is 2.02. The average molecular weight is 306 g/mol. The van der Waals surface area contributed by atoms with Gasteiger partial charge in [0.05, 0.1) is 5.02 Å². The van der Waals surface area contributed by atoms with Crippen molar-refractivity contribution < 1.29 is 4.39 Å². The molecule has 0 amide bonds. The molecule has 0 unspecified atom stereocenters. The predicted octanol–water partition coefficient (Wildman–Crippen LogP) is 3.34. The lowest BCUT2D eigenvalue weighted by Gasteiger charge is -2.12. The van der Waals surface area contributed by atoms with Crippen LogP contribution in [0.15, 0.2) is 53.5 Å². The maximum absolute atomic E-state index is 13.1. The van der Waals surface area contributed by atoms with Crippen LogP contribution in [0, 0.1) is 5.82 Å². The number of nitrogens with one attached hydrogen (secondary N) is 2. The summed E-state index contributed by atoms with van der Waals surface area (Å²) < 4.78 is 13.1. The molecule has 0 spiro atoms. The lowest BCUT2D eigenvalue weighted by molar-refractivity contribution is 0.627. The minimum absolute atomic E-state index is 0.126. The van der Waals surface area contributed by atoms with Crippen LogP contribution in [0.3, 0.4) is 0 Å². The van der Waals surface area contributed by atoms with Crippen LogP contribution in [-0.4, -0.2) is 13.0 Å². The Hall–Kier alpha value is -2.07. The highest BCUT2D eigenvalue weighted by Crippen LogP contribution is 2.15. The van der Waals surface area contributed by atoms with Crippen LogP contribution >= 0.6 is 11.6 Å². The molecule has 0 aliphatic heterocycles. The second-order valence-electron chi connectivity index (χ2n) is 4.51. The Morgan fingerprint density at radius 3 is 2.33 bits per heavy atom. The number of guanidine groups is 1. The van der Waals surface area contributed by atoms with Gasteiger partial charge < -0.3 is 10.6 Å². The van der Waals surface area contributed by atoms with E-state index in [9.17, 15) is 4.39 Å². The Kier molecular flexibility index (Phi) is 5.58. The van der Waals surface area contributed by atoms with Gasteiger partial charge in [-0.2, -0.15) is 0 Å². The monoisotopic (exact) mass is 305 g/mol. The van der Waals surface area contributed by atoms with Crippen LogP contribution in [0.2, 0.25) is 5.02 Å². The molecule has 0 fully saturated rings. The van der Waals surface area contributed by atoms with Crippen molar-refractivity contribution in [3.05, 3.63) is 70.5 Å². The van der Waals surface area contributed by atoms with Gasteiger partial charge in [-0.3, -0.25) is 4.99 Å². The minimum atomic E-state index is -0.410. The number of rotatable bonds is 4. The van der Waals surface area contributed by atoms with Crippen LogP contribution in [0.1, 0.15) is 11.1 Å². The van der Waals surface area contributed by atoms with Crippen molar-refractivity contribution in [1.82, 2.24) is 10.6 Å². The van der Waals surface area contributed by atoms with E-state index in [0.717, 1.165) is 5.56 Å². The maximum Gasteiger partial charge on any atom is 0.191 e. The van der Waals surface area contributed by atoms with Gasteiger partial charge in [-0.15, -0.1) is 0 Å². The zero-order valence-corrected chi connectivity index (χ0v) is 12.5. The fourth-order valence-corrected chi connectivity index (χ4v) is 2.04. The molecule has 0 bridgehead atoms. The van der Waals surface area contributed by atoms with Crippen molar-refractivity contribution in [2.45, 2.75) is 13.1 Å². The number of nitrogens with zero attached hydrogens (tertiary/aromatic N) is 1. The van der Waals surface area contributed by atoms with Crippen LogP contribution < -0.4 is 10.6 Å². The Bertz CT molecular complexity index is 614. The van der Waals surface area contributed by atoms with Gasteiger partial charge in [0, 0.05) is 20.1 Å². The van der Waals surface area contributed by atoms with Crippen LogP contribution in [0.4, 0.5) is 4.39 Å². The van der Waals surface area contributed by atoms with Crippen molar-refractivity contribution in [1.29, 1.82) is 0 Å². The van der Waals surface area contributed by atoms with E-state index in [2.05, 4.69) is 15.6 Å². The molecule has 2 N–H and O–H groups in total. The average Bonchev–Trinajstić information content (AvgIpc) is 2.52. The van der Waals surface area contributed by atoms with E-state index in [-0.39, 0.29) is 5.02 Å². The molecule has 0 heterocycles. The Morgan fingerprint density at radius 1 is 1.05 bits per heavy atom. The summed E-state index contributed by atoms with van der Waals surface area (Å²) in [6.07, 6.45) is 0. The molecule has 0 aliphatic rings. The molecular formula is C16H17ClFN3. The van der Waals surface area contributed by atoms with Gasteiger partial charge in [0.1, 0.15) is 5.82 Å². The summed E-state index contributed by atoms with van der Waals surface area (Å²) in [6.45, 7) is 1.21. The largest absolute Gasteiger partial charge is 0.352 e. The molecule has 3 nitrogen and oxygen atoms in total. The number of hydrogen-bond acceptors (Lipinski definition) is 1. The molecule has 2 aromatic rings. The molecule has 2 aromatic carbocycles. The second-order valence-corrected chi connectivity index (χ2v) is 4.92. The SMILES string of the molecule is CN=C(NCc1ccccc1)NCc1ccc(F)c(Cl)c1. The quantitative estimate of drug-likeness (QED) is 0.671. The molecule has 0 atom stereocenters. The van der Waals surface area contributed by atoms with Gasteiger partial charge in [0.2, 0.25) is 0 Å². The van der Waals surface area contributed by atoms with E-state index in [0.29, 0.717) is 19.0 Å². The summed E-state index contributed by atoms with van der Waals surface area (Å²) in [6, 6.07) is 14.7. The normalized spacial score (nSPS) is 11.3. The summed E-state index contributed by atoms with van der Waals surface area (Å²) in [7, 11) is 1.71. The number of halogens is 2. The fraction of sp³-hybridized carbons (Fsp3) is 0.188. The molecule has 0 saturated carbocycles. The van der Waals surface area contributed by atoms with Crippen LogP contribution in [0.5, 0.6) is 0 Å². The van der Waals surface area contributed by atoms with Gasteiger partial charge >= 0.3 is 0 Å². The minimum Gasteiger partial charge on any atom is -0.352 e. The smallest absolute Gasteiger partial charge is 0.191 e. The first-order chi connectivity index (χ1) is 10.2. The van der Waals surface area contributed by atoms with Gasteiger partial charge in [0.15, 0.2) is 5.96 Å². The summed E-state index contributed by atoms with van der Waals surface area (Å²) >= 11 is 5.76. The molecule has 0 saturated heterocycles. The van der Waals surface area contributed by atoms with E-state index in [1.165, 1.54) is 11.6 Å². The molecule has 5 heteroatoms. The molecule has 0 radical (unpaired) electrons. The molecule has 21 heavy (non-hydrogen) atoms. The Balaban J connectivity index is 1.86. The summed E-state index contributed by atoms with van der Waals surface area (Å²) in [5.41, 5.74) is 2.06. The third-order valence-corrected chi connectivity index (χ3v) is 3.26. The standard InChI is InChI=1S/C16H17ClFN3/c1-19-16(20-10-12-5-3-2-4-6-12)21-11-13-7-8-15(18)14(17)9-13/h2-9H,10-11H2,1H3,(H2,19,20,21). The summed E-state index contributed by atoms with van der Waals surface area (Å²) in [4.78, 5) is 4.15. The van der Waals surface area contributed by atoms with E-state index in [1.807, 2.05) is 30.3 Å². The molecule has 0 aliphatic carbocycles. The number of hydrogen-bond donors (Lipinski definition) is 2. The lowest BCUT2D eigenvalue weighted by atomic mass is 10.2. The zero-order valence-electron chi connectivity index (χ0n) is 11.7. The Labute approximate surface area is 128 Å². The third-order valence-electron chi connectivity index (χ3n) is 2.97. The van der Waals surface area contributed by atoms with Crippen LogP contribution in [0.25, 0.3) is 0 Å². The maximum atomic E-state index is 13.1. The van der Waals surface area contributed by atoms with E-state index >= 15 is 0 Å². The van der Waals surface area contributed by atoms with E-state index in [4.69, 9.17) is 11.6 Å².